The van der Waals surface area contributed by atoms with Crippen molar-refractivity contribution >= 4 is 5.91 Å². The number of rotatable bonds is 2. The first-order valence-electron chi connectivity index (χ1n) is 5.44. The summed E-state index contributed by atoms with van der Waals surface area (Å²) in [5.74, 6) is 0.0312. The quantitative estimate of drug-likeness (QED) is 0.607. The van der Waals surface area contributed by atoms with Crippen LogP contribution in [0.1, 0.15) is 6.42 Å². The number of carbonyl (C=O) groups excluding carboxylic acids is 1. The normalized spacial score (nSPS) is 36.1. The molecular weight excluding hydrogens is 196 g/mol. The Labute approximate surface area is 89.4 Å². The number of ether oxygens (including phenoxy) is 1. The van der Waals surface area contributed by atoms with Gasteiger partial charge < -0.3 is 20.1 Å². The fourth-order valence-corrected chi connectivity index (χ4v) is 2.26. The van der Waals surface area contributed by atoms with Crippen molar-refractivity contribution in [2.75, 3.05) is 33.4 Å². The number of amides is 1. The Morgan fingerprint density at radius 2 is 2.33 bits per heavy atom. The van der Waals surface area contributed by atoms with Gasteiger partial charge in [0.05, 0.1) is 25.2 Å². The lowest BCUT2D eigenvalue weighted by Gasteiger charge is -2.22. The van der Waals surface area contributed by atoms with Crippen molar-refractivity contribution in [1.82, 2.24) is 10.2 Å². The van der Waals surface area contributed by atoms with E-state index in [4.69, 9.17) is 4.74 Å². The van der Waals surface area contributed by atoms with Crippen LogP contribution in [0.4, 0.5) is 0 Å². The molecular formula is C10H18N2O3. The van der Waals surface area contributed by atoms with Crippen LogP contribution >= 0.6 is 0 Å². The molecule has 3 atom stereocenters. The molecule has 5 heteroatoms. The highest BCUT2D eigenvalue weighted by Gasteiger charge is 2.37. The van der Waals surface area contributed by atoms with E-state index in [1.165, 1.54) is 0 Å². The number of nitrogens with zero attached hydrogens (tertiary/aromatic N) is 1. The van der Waals surface area contributed by atoms with Crippen LogP contribution in [-0.4, -0.2) is 61.4 Å². The molecule has 2 unspecified atom stereocenters. The first-order valence-corrected chi connectivity index (χ1v) is 5.44. The van der Waals surface area contributed by atoms with Gasteiger partial charge in [0.15, 0.2) is 0 Å². The molecule has 0 aromatic heterocycles. The van der Waals surface area contributed by atoms with Gasteiger partial charge in [0.1, 0.15) is 0 Å². The van der Waals surface area contributed by atoms with Gasteiger partial charge in [0.25, 0.3) is 0 Å². The van der Waals surface area contributed by atoms with Gasteiger partial charge in [-0.2, -0.15) is 0 Å². The minimum atomic E-state index is -0.343. The maximum absolute atomic E-state index is 12.1. The third kappa shape index (κ3) is 2.14. The summed E-state index contributed by atoms with van der Waals surface area (Å²) in [6.45, 7) is 2.25. The molecule has 2 aliphatic heterocycles. The molecule has 2 fully saturated rings. The van der Waals surface area contributed by atoms with E-state index in [2.05, 4.69) is 5.32 Å². The molecule has 0 aromatic rings. The zero-order chi connectivity index (χ0) is 10.8. The Kier molecular flexibility index (Phi) is 3.23. The van der Waals surface area contributed by atoms with Crippen LogP contribution in [0.25, 0.3) is 0 Å². The van der Waals surface area contributed by atoms with E-state index in [1.54, 1.807) is 4.90 Å². The molecule has 5 nitrogen and oxygen atoms in total. The maximum Gasteiger partial charge on any atom is 0.229 e. The molecule has 2 N–H and O–H groups in total. The summed E-state index contributed by atoms with van der Waals surface area (Å²) in [7, 11) is 1.85. The number of aliphatic hydroxyl groups is 1. The molecule has 86 valence electrons. The lowest BCUT2D eigenvalue weighted by Crippen LogP contribution is -2.44. The monoisotopic (exact) mass is 214 g/mol. The van der Waals surface area contributed by atoms with Crippen LogP contribution in [0, 0.1) is 5.92 Å². The highest BCUT2D eigenvalue weighted by atomic mass is 16.5. The zero-order valence-corrected chi connectivity index (χ0v) is 8.98. The van der Waals surface area contributed by atoms with Gasteiger partial charge in [0, 0.05) is 19.1 Å². The van der Waals surface area contributed by atoms with Crippen molar-refractivity contribution in [3.8, 4) is 0 Å². The lowest BCUT2D eigenvalue weighted by atomic mass is 10.0. The van der Waals surface area contributed by atoms with E-state index in [-0.39, 0.29) is 24.0 Å². The lowest BCUT2D eigenvalue weighted by molar-refractivity contribution is -0.135. The molecule has 0 aliphatic carbocycles. The van der Waals surface area contributed by atoms with Gasteiger partial charge in [-0.05, 0) is 13.5 Å². The van der Waals surface area contributed by atoms with E-state index in [1.807, 2.05) is 7.05 Å². The van der Waals surface area contributed by atoms with E-state index < -0.39 is 0 Å². The van der Waals surface area contributed by atoms with Gasteiger partial charge in [0.2, 0.25) is 5.91 Å². The summed E-state index contributed by atoms with van der Waals surface area (Å²) in [5, 5.41) is 12.5. The molecule has 1 amide bonds. The van der Waals surface area contributed by atoms with Crippen LogP contribution in [0.5, 0.6) is 0 Å². The highest BCUT2D eigenvalue weighted by Crippen LogP contribution is 2.19. The summed E-state index contributed by atoms with van der Waals surface area (Å²) in [4.78, 5) is 13.8. The minimum absolute atomic E-state index is 0.0831. The molecule has 15 heavy (non-hydrogen) atoms. The van der Waals surface area contributed by atoms with Crippen molar-refractivity contribution in [2.24, 2.45) is 5.92 Å². The predicted octanol–water partition coefficient (Wildman–Crippen LogP) is -1.19. The number of carbonyl (C=O) groups is 1. The highest BCUT2D eigenvalue weighted by molar-refractivity contribution is 5.80. The summed E-state index contributed by atoms with van der Waals surface area (Å²) >= 11 is 0. The summed E-state index contributed by atoms with van der Waals surface area (Å²) in [5.41, 5.74) is 0. The summed E-state index contributed by atoms with van der Waals surface area (Å²) in [6.07, 6.45) is 0.355. The van der Waals surface area contributed by atoms with Gasteiger partial charge in [-0.25, -0.2) is 0 Å². The number of nitrogens with one attached hydrogen (secondary N) is 1. The molecule has 0 bridgehead atoms. The van der Waals surface area contributed by atoms with E-state index in [0.29, 0.717) is 32.7 Å². The predicted molar refractivity (Wildman–Crippen MR) is 54.4 cm³/mol. The van der Waals surface area contributed by atoms with Crippen LogP contribution in [0.3, 0.4) is 0 Å². The Hall–Kier alpha value is -0.650. The largest absolute Gasteiger partial charge is 0.391 e. The molecule has 2 rings (SSSR count). The SMILES string of the molecule is CNC1COCC1C(=O)N1CC[C@@H](O)C1. The van der Waals surface area contributed by atoms with Crippen molar-refractivity contribution in [2.45, 2.75) is 18.6 Å². The van der Waals surface area contributed by atoms with E-state index in [9.17, 15) is 9.90 Å². The Balaban J connectivity index is 1.95. The smallest absolute Gasteiger partial charge is 0.229 e. The van der Waals surface area contributed by atoms with Crippen molar-refractivity contribution in [1.29, 1.82) is 0 Å². The topological polar surface area (TPSA) is 61.8 Å². The Morgan fingerprint density at radius 1 is 1.53 bits per heavy atom. The number of hydrogen-bond donors (Lipinski definition) is 2. The molecule has 2 aliphatic rings. The van der Waals surface area contributed by atoms with Crippen LogP contribution < -0.4 is 5.32 Å². The molecule has 0 aromatic carbocycles. The van der Waals surface area contributed by atoms with Gasteiger partial charge in [-0.1, -0.05) is 0 Å². The van der Waals surface area contributed by atoms with Crippen molar-refractivity contribution in [3.63, 3.8) is 0 Å². The molecule has 0 spiro atoms. The molecule has 2 heterocycles. The average Bonchev–Trinajstić information content (AvgIpc) is 2.84. The minimum Gasteiger partial charge on any atom is -0.391 e. The number of likely N-dealkylation sites (tertiary alicyclic amines) is 1. The summed E-state index contributed by atoms with van der Waals surface area (Å²) in [6, 6.07) is 0.121. The Bertz CT molecular complexity index is 247. The second-order valence-electron chi connectivity index (χ2n) is 4.27. The number of aliphatic hydroxyl groups excluding tert-OH is 1. The average molecular weight is 214 g/mol. The van der Waals surface area contributed by atoms with Gasteiger partial charge in [-0.15, -0.1) is 0 Å². The third-order valence-corrected chi connectivity index (χ3v) is 3.24. The van der Waals surface area contributed by atoms with Crippen molar-refractivity contribution in [3.05, 3.63) is 0 Å². The van der Waals surface area contributed by atoms with Crippen LogP contribution in [0.15, 0.2) is 0 Å². The van der Waals surface area contributed by atoms with Gasteiger partial charge >= 0.3 is 0 Å². The number of likely N-dealkylation sites (N-methyl/N-ethyl adjacent to an activating group) is 1. The van der Waals surface area contributed by atoms with E-state index in [0.717, 1.165) is 0 Å². The fourth-order valence-electron chi connectivity index (χ4n) is 2.26. The van der Waals surface area contributed by atoms with Crippen LogP contribution in [0.2, 0.25) is 0 Å². The molecule has 0 radical (unpaired) electrons. The van der Waals surface area contributed by atoms with E-state index >= 15 is 0 Å². The first-order chi connectivity index (χ1) is 7.22. The van der Waals surface area contributed by atoms with Gasteiger partial charge in [-0.3, -0.25) is 4.79 Å². The maximum atomic E-state index is 12.1. The number of hydrogen-bond acceptors (Lipinski definition) is 4. The zero-order valence-electron chi connectivity index (χ0n) is 8.98. The Morgan fingerprint density at radius 3 is 2.93 bits per heavy atom. The summed E-state index contributed by atoms with van der Waals surface area (Å²) < 4.78 is 5.30. The first kappa shape index (κ1) is 10.9. The van der Waals surface area contributed by atoms with Crippen LogP contribution in [-0.2, 0) is 9.53 Å². The standard InChI is InChI=1S/C10H18N2O3/c1-11-9-6-15-5-8(9)10(14)12-3-2-7(13)4-12/h7-9,11,13H,2-6H2,1H3/t7-,8?,9?/m1/s1. The molecule has 2 saturated heterocycles. The fraction of sp³-hybridized carbons (Fsp3) is 0.900. The van der Waals surface area contributed by atoms with Crippen molar-refractivity contribution < 1.29 is 14.6 Å². The number of β-amino-alcohol motifs (C(OH)–C–C–N with tert-alkyl or cyclic N) is 1. The second-order valence-corrected chi connectivity index (χ2v) is 4.27. The third-order valence-electron chi connectivity index (χ3n) is 3.24. The molecule has 0 saturated carbocycles. The second kappa shape index (κ2) is 4.47.